The van der Waals surface area contributed by atoms with Gasteiger partial charge in [-0.1, -0.05) is 224 Å². The van der Waals surface area contributed by atoms with Crippen molar-refractivity contribution in [1.29, 1.82) is 0 Å². The van der Waals surface area contributed by atoms with Crippen molar-refractivity contribution in [2.75, 3.05) is 0 Å². The van der Waals surface area contributed by atoms with Crippen LogP contribution in [0.15, 0.2) is 279 Å². The van der Waals surface area contributed by atoms with Gasteiger partial charge in [-0.3, -0.25) is 0 Å². The van der Waals surface area contributed by atoms with Crippen molar-refractivity contribution in [3.05, 3.63) is 312 Å². The van der Waals surface area contributed by atoms with E-state index in [9.17, 15) is 0 Å². The van der Waals surface area contributed by atoms with Crippen LogP contribution in [0.5, 0.6) is 0 Å². The molecule has 0 N–H and O–H groups in total. The van der Waals surface area contributed by atoms with Crippen LogP contribution in [0.4, 0.5) is 0 Å². The third-order valence-corrected chi connectivity index (χ3v) is 21.7. The smallest absolute Gasteiger partial charge is 0.0541 e. The third kappa shape index (κ3) is 7.48. The van der Waals surface area contributed by atoms with Gasteiger partial charge in [0.15, 0.2) is 0 Å². The topological polar surface area (TPSA) is 9.86 Å². The first-order chi connectivity index (χ1) is 44.3. The SMILES string of the molecule is CC1(C)c2cc(-c3ccc4cc(-c5ccc6c(c5)c5ccccc5n6-c5ccc6c(c5)C(C)(C)c5ccccc5-6)ccc4c3)ccc2-c2ccc(-c3ccc4cc(-c5ccc6c(c5)c5ccccc5n6-c5ccc6c(c5)C(C)(C)c5ccccc5-6)ccc4c3)cc21. The molecule has 0 aliphatic heterocycles. The van der Waals surface area contributed by atoms with E-state index in [-0.39, 0.29) is 16.2 Å². The fourth-order valence-electron chi connectivity index (χ4n) is 16.8. The van der Waals surface area contributed by atoms with Gasteiger partial charge in [0.05, 0.1) is 22.1 Å². The predicted molar refractivity (Wildman–Crippen MR) is 385 cm³/mol. The Morgan fingerprint density at radius 3 is 0.879 bits per heavy atom. The van der Waals surface area contributed by atoms with Crippen LogP contribution >= 0.6 is 0 Å². The monoisotopic (exact) mass is 1160 g/mol. The number of para-hydroxylation sites is 2. The van der Waals surface area contributed by atoms with Gasteiger partial charge in [-0.2, -0.15) is 0 Å². The molecule has 0 radical (unpaired) electrons. The molecule has 430 valence electrons. The molecule has 0 fully saturated rings. The lowest BCUT2D eigenvalue weighted by Gasteiger charge is -2.23. The predicted octanol–water partition coefficient (Wildman–Crippen LogP) is 23.8. The van der Waals surface area contributed by atoms with Crippen LogP contribution in [0.1, 0.15) is 74.9 Å². The largest absolute Gasteiger partial charge is 0.309 e. The highest BCUT2D eigenvalue weighted by Crippen LogP contribution is 2.54. The molecule has 0 amide bonds. The van der Waals surface area contributed by atoms with E-state index in [2.05, 4.69) is 330 Å². The van der Waals surface area contributed by atoms with Crippen LogP contribution in [0, 0.1) is 0 Å². The molecule has 19 rings (SSSR count). The summed E-state index contributed by atoms with van der Waals surface area (Å²) in [5.74, 6) is 0. The summed E-state index contributed by atoms with van der Waals surface area (Å²) in [6, 6.07) is 106. The standard InChI is InChI=1S/C89H64N2/c1-87(2)77-19-11-7-15-67(77)71-39-35-65(51-81(71)87)90-83-21-13-9-17-73(83)75-47-61(33-41-85(75)90)57-27-23-55-45-59(29-25-53(55)43-57)63-31-37-69-70-38-32-64(50-80(70)89(5,6)79(69)49-63)60-30-26-54-44-58(28-24-56(54)46-60)62-34-42-86-76(48-62)74-18-10-14-22-84(74)91(86)66-36-40-72-68-16-8-12-20-78(68)88(3,4)82(72)52-66/h7-52H,1-6H3. The fourth-order valence-corrected chi connectivity index (χ4v) is 16.8. The second-order valence-electron chi connectivity index (χ2n) is 27.7. The van der Waals surface area contributed by atoms with Crippen LogP contribution in [0.3, 0.4) is 0 Å². The van der Waals surface area contributed by atoms with Crippen molar-refractivity contribution >= 4 is 65.2 Å². The summed E-state index contributed by atoms with van der Waals surface area (Å²) in [6.45, 7) is 14.3. The molecular formula is C89H64N2. The number of rotatable bonds is 6. The average molecular weight is 1160 g/mol. The normalized spacial score (nSPS) is 14.5. The number of hydrogen-bond acceptors (Lipinski definition) is 0. The molecule has 3 aliphatic rings. The third-order valence-electron chi connectivity index (χ3n) is 21.7. The van der Waals surface area contributed by atoms with E-state index in [1.165, 1.54) is 188 Å². The van der Waals surface area contributed by atoms with Crippen molar-refractivity contribution in [2.24, 2.45) is 0 Å². The van der Waals surface area contributed by atoms with Gasteiger partial charge in [-0.15, -0.1) is 0 Å². The van der Waals surface area contributed by atoms with Crippen molar-refractivity contribution in [3.63, 3.8) is 0 Å². The number of aromatic nitrogens is 2. The lowest BCUT2D eigenvalue weighted by Crippen LogP contribution is -2.15. The van der Waals surface area contributed by atoms with Gasteiger partial charge in [0.25, 0.3) is 0 Å². The fraction of sp³-hybridized carbons (Fsp3) is 0.101. The highest BCUT2D eigenvalue weighted by molar-refractivity contribution is 6.12. The lowest BCUT2D eigenvalue weighted by molar-refractivity contribution is 0.660. The Bertz CT molecular complexity index is 5510. The van der Waals surface area contributed by atoms with Crippen LogP contribution in [-0.4, -0.2) is 9.13 Å². The maximum atomic E-state index is 2.46. The summed E-state index contributed by atoms with van der Waals surface area (Å²) in [5.41, 5.74) is 33.2. The lowest BCUT2D eigenvalue weighted by atomic mass is 9.80. The molecule has 0 atom stereocenters. The molecule has 0 unspecified atom stereocenters. The summed E-state index contributed by atoms with van der Waals surface area (Å²) in [7, 11) is 0. The van der Waals surface area contributed by atoms with Gasteiger partial charge in [-0.05, 0) is 230 Å². The molecule has 0 saturated heterocycles. The second-order valence-corrected chi connectivity index (χ2v) is 27.7. The first-order valence-corrected chi connectivity index (χ1v) is 32.3. The Kier molecular flexibility index (Phi) is 10.7. The zero-order chi connectivity index (χ0) is 60.8. The quantitative estimate of drug-likeness (QED) is 0.157. The van der Waals surface area contributed by atoms with Gasteiger partial charge in [0.1, 0.15) is 0 Å². The van der Waals surface area contributed by atoms with Gasteiger partial charge >= 0.3 is 0 Å². The Morgan fingerprint density at radius 1 is 0.198 bits per heavy atom. The van der Waals surface area contributed by atoms with E-state index in [0.717, 1.165) is 0 Å². The summed E-state index contributed by atoms with van der Waals surface area (Å²) in [6.07, 6.45) is 0. The maximum absolute atomic E-state index is 2.46. The van der Waals surface area contributed by atoms with E-state index in [4.69, 9.17) is 0 Å². The minimum Gasteiger partial charge on any atom is -0.309 e. The summed E-state index contributed by atoms with van der Waals surface area (Å²) >= 11 is 0. The van der Waals surface area contributed by atoms with Crippen LogP contribution in [-0.2, 0) is 16.2 Å². The van der Waals surface area contributed by atoms with E-state index in [0.29, 0.717) is 0 Å². The van der Waals surface area contributed by atoms with Gasteiger partial charge in [-0.25, -0.2) is 0 Å². The molecule has 2 heterocycles. The van der Waals surface area contributed by atoms with E-state index in [1.54, 1.807) is 0 Å². The molecule has 3 aliphatic carbocycles. The molecular weight excluding hydrogens is 1100 g/mol. The molecule has 0 bridgehead atoms. The Balaban J connectivity index is 0.589. The summed E-state index contributed by atoms with van der Waals surface area (Å²) < 4.78 is 4.92. The summed E-state index contributed by atoms with van der Waals surface area (Å²) in [4.78, 5) is 0. The minimum atomic E-state index is -0.176. The molecule has 2 aromatic heterocycles. The van der Waals surface area contributed by atoms with Crippen molar-refractivity contribution in [3.8, 4) is 89.3 Å². The molecule has 2 nitrogen and oxygen atoms in total. The number of benzene rings is 14. The summed E-state index contributed by atoms with van der Waals surface area (Å²) in [5, 5.41) is 10.0. The Morgan fingerprint density at radius 2 is 0.473 bits per heavy atom. The van der Waals surface area contributed by atoms with E-state index < -0.39 is 0 Å². The van der Waals surface area contributed by atoms with Crippen LogP contribution < -0.4 is 0 Å². The average Bonchev–Trinajstić information content (AvgIpc) is 1.70. The molecule has 0 spiro atoms. The molecule has 0 saturated carbocycles. The van der Waals surface area contributed by atoms with Gasteiger partial charge < -0.3 is 9.13 Å². The zero-order valence-electron chi connectivity index (χ0n) is 52.0. The highest BCUT2D eigenvalue weighted by Gasteiger charge is 2.38. The first kappa shape index (κ1) is 52.2. The molecule has 2 heteroatoms. The first-order valence-electron chi connectivity index (χ1n) is 32.3. The molecule has 14 aromatic carbocycles. The second kappa shape index (κ2) is 18.6. The minimum absolute atomic E-state index is 0.0694. The number of fused-ring (bicyclic) bond motifs is 17. The van der Waals surface area contributed by atoms with Gasteiger partial charge in [0, 0.05) is 49.2 Å². The van der Waals surface area contributed by atoms with Crippen LogP contribution in [0.2, 0.25) is 0 Å². The van der Waals surface area contributed by atoms with Gasteiger partial charge in [0.2, 0.25) is 0 Å². The van der Waals surface area contributed by atoms with E-state index in [1.807, 2.05) is 0 Å². The maximum Gasteiger partial charge on any atom is 0.0541 e. The Labute approximate surface area is 530 Å². The number of nitrogens with zero attached hydrogens (tertiary/aromatic N) is 2. The Hall–Kier alpha value is -10.8. The van der Waals surface area contributed by atoms with Crippen molar-refractivity contribution in [1.82, 2.24) is 9.13 Å². The van der Waals surface area contributed by atoms with Crippen molar-refractivity contribution < 1.29 is 0 Å². The van der Waals surface area contributed by atoms with Crippen molar-refractivity contribution in [2.45, 2.75) is 57.8 Å². The highest BCUT2D eigenvalue weighted by atomic mass is 15.0. The number of hydrogen-bond donors (Lipinski definition) is 0. The molecule has 16 aromatic rings. The zero-order valence-corrected chi connectivity index (χ0v) is 52.0. The molecule has 91 heavy (non-hydrogen) atoms. The van der Waals surface area contributed by atoms with Crippen LogP contribution in [0.25, 0.3) is 154 Å². The van der Waals surface area contributed by atoms with E-state index >= 15 is 0 Å².